The number of carbonyl (C=O) groups excluding carboxylic acids is 2. The number of rotatable bonds is 5. The van der Waals surface area contributed by atoms with Crippen LogP contribution in [0.15, 0.2) is 42.5 Å². The first kappa shape index (κ1) is 20.0. The van der Waals surface area contributed by atoms with Crippen molar-refractivity contribution in [1.82, 2.24) is 4.98 Å². The topological polar surface area (TPSA) is 65.5 Å². The van der Waals surface area contributed by atoms with Crippen molar-refractivity contribution in [3.63, 3.8) is 0 Å². The maximum absolute atomic E-state index is 12.8. The minimum Gasteiger partial charge on any atom is -0.372 e. The summed E-state index contributed by atoms with van der Waals surface area (Å²) in [6.45, 7) is 4.71. The molecule has 31 heavy (non-hydrogen) atoms. The Hall–Kier alpha value is -2.93. The number of fused-ring (bicyclic) bond motifs is 1. The van der Waals surface area contributed by atoms with Crippen LogP contribution in [0.5, 0.6) is 0 Å². The van der Waals surface area contributed by atoms with Gasteiger partial charge in [0.05, 0.1) is 16.1 Å². The summed E-state index contributed by atoms with van der Waals surface area (Å²) in [6.07, 6.45) is 3.66. The van der Waals surface area contributed by atoms with E-state index in [0.29, 0.717) is 11.7 Å². The SMILES string of the molecule is CCc1ccc2nc(NC(=O)C3CC(=O)N(c4ccc(N5CCCC5)cc4)C3)sc2c1. The third-order valence-electron chi connectivity index (χ3n) is 6.22. The molecule has 0 saturated carbocycles. The van der Waals surface area contributed by atoms with E-state index >= 15 is 0 Å². The van der Waals surface area contributed by atoms with Crippen LogP contribution in [-0.4, -0.2) is 36.4 Å². The number of amides is 2. The average molecular weight is 435 g/mol. The fourth-order valence-corrected chi connectivity index (χ4v) is 5.33. The van der Waals surface area contributed by atoms with Crippen molar-refractivity contribution in [1.29, 1.82) is 0 Å². The van der Waals surface area contributed by atoms with Gasteiger partial charge >= 0.3 is 0 Å². The van der Waals surface area contributed by atoms with Gasteiger partial charge in [-0.3, -0.25) is 9.59 Å². The zero-order valence-corrected chi connectivity index (χ0v) is 18.5. The number of benzene rings is 2. The van der Waals surface area contributed by atoms with E-state index in [1.165, 1.54) is 35.4 Å². The zero-order chi connectivity index (χ0) is 21.4. The van der Waals surface area contributed by atoms with Gasteiger partial charge in [0.25, 0.3) is 0 Å². The number of aromatic nitrogens is 1. The van der Waals surface area contributed by atoms with E-state index in [4.69, 9.17) is 0 Å². The molecule has 0 bridgehead atoms. The second kappa shape index (κ2) is 8.30. The highest BCUT2D eigenvalue weighted by Gasteiger charge is 2.35. The second-order valence-electron chi connectivity index (χ2n) is 8.28. The summed E-state index contributed by atoms with van der Waals surface area (Å²) in [4.78, 5) is 34.1. The van der Waals surface area contributed by atoms with Crippen LogP contribution in [0.3, 0.4) is 0 Å². The Balaban J connectivity index is 1.25. The van der Waals surface area contributed by atoms with Crippen LogP contribution in [0.1, 0.15) is 31.7 Å². The van der Waals surface area contributed by atoms with Gasteiger partial charge in [0.15, 0.2) is 5.13 Å². The molecule has 2 aromatic carbocycles. The Morgan fingerprint density at radius 2 is 1.87 bits per heavy atom. The van der Waals surface area contributed by atoms with E-state index in [-0.39, 0.29) is 24.2 Å². The molecule has 2 saturated heterocycles. The molecule has 1 unspecified atom stereocenters. The van der Waals surface area contributed by atoms with Crippen LogP contribution in [0.25, 0.3) is 10.2 Å². The molecular weight excluding hydrogens is 408 g/mol. The standard InChI is InChI=1S/C24H26N4O2S/c1-2-16-5-10-20-21(13-16)31-24(25-20)26-23(30)17-14-22(29)28(15-17)19-8-6-18(7-9-19)27-11-3-4-12-27/h5-10,13,17H,2-4,11-12,14-15H2,1H3,(H,25,26,30). The molecule has 0 aliphatic carbocycles. The molecule has 160 valence electrons. The minimum atomic E-state index is -0.371. The quantitative estimate of drug-likeness (QED) is 0.644. The van der Waals surface area contributed by atoms with Gasteiger partial charge in [-0.2, -0.15) is 0 Å². The summed E-state index contributed by atoms with van der Waals surface area (Å²) in [5.74, 6) is -0.519. The summed E-state index contributed by atoms with van der Waals surface area (Å²) < 4.78 is 1.07. The van der Waals surface area contributed by atoms with E-state index in [1.807, 2.05) is 18.2 Å². The Labute approximate surface area is 185 Å². The molecule has 2 aliphatic heterocycles. The van der Waals surface area contributed by atoms with Crippen LogP contribution >= 0.6 is 11.3 Å². The molecule has 3 aromatic rings. The van der Waals surface area contributed by atoms with Crippen molar-refractivity contribution in [2.45, 2.75) is 32.6 Å². The van der Waals surface area contributed by atoms with E-state index in [9.17, 15) is 9.59 Å². The van der Waals surface area contributed by atoms with Gasteiger partial charge < -0.3 is 15.1 Å². The van der Waals surface area contributed by atoms with Gasteiger partial charge in [0.1, 0.15) is 0 Å². The number of nitrogens with zero attached hydrogens (tertiary/aromatic N) is 3. The van der Waals surface area contributed by atoms with Crippen LogP contribution in [0.2, 0.25) is 0 Å². The van der Waals surface area contributed by atoms with Crippen LogP contribution in [-0.2, 0) is 16.0 Å². The molecule has 1 atom stereocenters. The zero-order valence-electron chi connectivity index (χ0n) is 17.6. The summed E-state index contributed by atoms with van der Waals surface area (Å²) in [5, 5.41) is 3.52. The summed E-state index contributed by atoms with van der Waals surface area (Å²) in [7, 11) is 0. The maximum Gasteiger partial charge on any atom is 0.231 e. The third-order valence-corrected chi connectivity index (χ3v) is 7.15. The van der Waals surface area contributed by atoms with Gasteiger partial charge in [-0.1, -0.05) is 24.3 Å². The van der Waals surface area contributed by atoms with E-state index in [1.54, 1.807) is 4.90 Å². The number of aryl methyl sites for hydroxylation is 1. The molecule has 2 amide bonds. The largest absolute Gasteiger partial charge is 0.372 e. The molecule has 2 aliphatic rings. The fourth-order valence-electron chi connectivity index (χ4n) is 4.40. The van der Waals surface area contributed by atoms with Gasteiger partial charge in [-0.25, -0.2) is 4.98 Å². The molecular formula is C24H26N4O2S. The first-order chi connectivity index (χ1) is 15.1. The maximum atomic E-state index is 12.8. The minimum absolute atomic E-state index is 0.00837. The van der Waals surface area contributed by atoms with Crippen LogP contribution < -0.4 is 15.1 Å². The van der Waals surface area contributed by atoms with Gasteiger partial charge in [-0.05, 0) is 61.2 Å². The van der Waals surface area contributed by atoms with Crippen molar-refractivity contribution >= 4 is 49.9 Å². The second-order valence-corrected chi connectivity index (χ2v) is 9.31. The number of carbonyl (C=O) groups is 2. The summed E-state index contributed by atoms with van der Waals surface area (Å²) in [6, 6.07) is 14.3. The van der Waals surface area contributed by atoms with E-state index in [0.717, 1.165) is 35.4 Å². The van der Waals surface area contributed by atoms with Crippen LogP contribution in [0.4, 0.5) is 16.5 Å². The third kappa shape index (κ3) is 4.02. The number of hydrogen-bond donors (Lipinski definition) is 1. The molecule has 5 rings (SSSR count). The lowest BCUT2D eigenvalue weighted by molar-refractivity contribution is -0.122. The average Bonchev–Trinajstić information content (AvgIpc) is 3.53. The highest BCUT2D eigenvalue weighted by Crippen LogP contribution is 2.31. The summed E-state index contributed by atoms with van der Waals surface area (Å²) in [5.41, 5.74) is 4.20. The number of nitrogens with one attached hydrogen (secondary N) is 1. The first-order valence-corrected chi connectivity index (χ1v) is 11.8. The van der Waals surface area contributed by atoms with E-state index < -0.39 is 0 Å². The Morgan fingerprint density at radius 1 is 1.13 bits per heavy atom. The Kier molecular flexibility index (Phi) is 5.36. The molecule has 7 heteroatoms. The lowest BCUT2D eigenvalue weighted by Gasteiger charge is -2.20. The fraction of sp³-hybridized carbons (Fsp3) is 0.375. The van der Waals surface area contributed by atoms with Gasteiger partial charge in [0.2, 0.25) is 11.8 Å². The number of hydrogen-bond acceptors (Lipinski definition) is 5. The summed E-state index contributed by atoms with van der Waals surface area (Å²) >= 11 is 1.48. The molecule has 1 aromatic heterocycles. The molecule has 6 nitrogen and oxygen atoms in total. The number of anilines is 3. The predicted molar refractivity (Wildman–Crippen MR) is 126 cm³/mol. The number of thiazole rings is 1. The lowest BCUT2D eigenvalue weighted by atomic mass is 10.1. The lowest BCUT2D eigenvalue weighted by Crippen LogP contribution is -2.28. The van der Waals surface area contributed by atoms with Gasteiger partial charge in [0, 0.05) is 37.4 Å². The van der Waals surface area contributed by atoms with Crippen LogP contribution in [0, 0.1) is 5.92 Å². The van der Waals surface area contributed by atoms with Crippen molar-refractivity contribution in [2.24, 2.45) is 5.92 Å². The van der Waals surface area contributed by atoms with Crippen molar-refractivity contribution in [2.75, 3.05) is 34.8 Å². The molecule has 0 radical (unpaired) electrons. The van der Waals surface area contributed by atoms with Crippen molar-refractivity contribution < 1.29 is 9.59 Å². The van der Waals surface area contributed by atoms with Crippen molar-refractivity contribution in [3.8, 4) is 0 Å². The van der Waals surface area contributed by atoms with Gasteiger partial charge in [-0.15, -0.1) is 0 Å². The highest BCUT2D eigenvalue weighted by molar-refractivity contribution is 7.22. The monoisotopic (exact) mass is 434 g/mol. The Morgan fingerprint density at radius 3 is 2.61 bits per heavy atom. The molecule has 1 N–H and O–H groups in total. The first-order valence-electron chi connectivity index (χ1n) is 11.0. The Bertz CT molecular complexity index is 1120. The molecule has 0 spiro atoms. The smallest absolute Gasteiger partial charge is 0.231 e. The molecule has 2 fully saturated rings. The highest BCUT2D eigenvalue weighted by atomic mass is 32.1. The normalized spacial score (nSPS) is 18.9. The van der Waals surface area contributed by atoms with E-state index in [2.05, 4.69) is 46.4 Å². The predicted octanol–water partition coefficient (Wildman–Crippen LogP) is 4.45. The molecule has 3 heterocycles. The van der Waals surface area contributed by atoms with Crippen molar-refractivity contribution in [3.05, 3.63) is 48.0 Å².